The Morgan fingerprint density at radius 3 is 2.25 bits per heavy atom. The van der Waals surface area contributed by atoms with E-state index in [4.69, 9.17) is 5.73 Å². The van der Waals surface area contributed by atoms with Crippen LogP contribution in [0.4, 0.5) is 4.39 Å². The summed E-state index contributed by atoms with van der Waals surface area (Å²) in [6, 6.07) is 0. The zero-order valence-corrected chi connectivity index (χ0v) is 8.41. The standard InChI is InChI=1S/C10H22FN/c1-3-4-5-6-7-8-10(2,11)9-12/h3-9,12H2,1-2H3. The van der Waals surface area contributed by atoms with Gasteiger partial charge in [0.1, 0.15) is 5.67 Å². The molecule has 0 aromatic heterocycles. The lowest BCUT2D eigenvalue weighted by Gasteiger charge is -2.17. The fourth-order valence-corrected chi connectivity index (χ4v) is 1.20. The van der Waals surface area contributed by atoms with Crippen molar-refractivity contribution in [2.24, 2.45) is 5.73 Å². The molecule has 2 N–H and O–H groups in total. The van der Waals surface area contributed by atoms with E-state index in [9.17, 15) is 4.39 Å². The van der Waals surface area contributed by atoms with Crippen LogP contribution < -0.4 is 5.73 Å². The smallest absolute Gasteiger partial charge is 0.120 e. The Labute approximate surface area is 75.5 Å². The number of rotatable bonds is 7. The maximum atomic E-state index is 13.2. The van der Waals surface area contributed by atoms with Crippen molar-refractivity contribution in [1.82, 2.24) is 0 Å². The minimum Gasteiger partial charge on any atom is -0.328 e. The Bertz CT molecular complexity index is 102. The van der Waals surface area contributed by atoms with Crippen LogP contribution in [-0.4, -0.2) is 12.2 Å². The molecule has 0 aromatic rings. The molecule has 12 heavy (non-hydrogen) atoms. The van der Waals surface area contributed by atoms with E-state index >= 15 is 0 Å². The van der Waals surface area contributed by atoms with Gasteiger partial charge in [-0.05, 0) is 13.3 Å². The second kappa shape index (κ2) is 6.41. The first-order chi connectivity index (χ1) is 5.62. The van der Waals surface area contributed by atoms with Crippen molar-refractivity contribution in [3.05, 3.63) is 0 Å². The number of unbranched alkanes of at least 4 members (excludes halogenated alkanes) is 4. The van der Waals surface area contributed by atoms with E-state index < -0.39 is 5.67 Å². The van der Waals surface area contributed by atoms with Crippen LogP contribution in [0.15, 0.2) is 0 Å². The van der Waals surface area contributed by atoms with Crippen molar-refractivity contribution in [3.63, 3.8) is 0 Å². The van der Waals surface area contributed by atoms with E-state index in [1.807, 2.05) is 0 Å². The summed E-state index contributed by atoms with van der Waals surface area (Å²) < 4.78 is 13.2. The summed E-state index contributed by atoms with van der Waals surface area (Å²) >= 11 is 0. The zero-order chi connectivity index (χ0) is 9.45. The summed E-state index contributed by atoms with van der Waals surface area (Å²) in [5.41, 5.74) is 4.14. The Kier molecular flexibility index (Phi) is 6.35. The molecule has 74 valence electrons. The van der Waals surface area contributed by atoms with Gasteiger partial charge >= 0.3 is 0 Å². The fourth-order valence-electron chi connectivity index (χ4n) is 1.20. The van der Waals surface area contributed by atoms with Crippen molar-refractivity contribution >= 4 is 0 Å². The number of halogens is 1. The van der Waals surface area contributed by atoms with Gasteiger partial charge in [0.2, 0.25) is 0 Å². The highest BCUT2D eigenvalue weighted by molar-refractivity contribution is 4.73. The first kappa shape index (κ1) is 11.9. The van der Waals surface area contributed by atoms with Crippen molar-refractivity contribution in [3.8, 4) is 0 Å². The zero-order valence-electron chi connectivity index (χ0n) is 8.41. The van der Waals surface area contributed by atoms with E-state index in [-0.39, 0.29) is 6.54 Å². The first-order valence-electron chi connectivity index (χ1n) is 5.01. The van der Waals surface area contributed by atoms with Crippen molar-refractivity contribution in [1.29, 1.82) is 0 Å². The molecule has 0 rings (SSSR count). The molecule has 1 unspecified atom stereocenters. The van der Waals surface area contributed by atoms with Crippen molar-refractivity contribution < 1.29 is 4.39 Å². The molecule has 0 heterocycles. The lowest BCUT2D eigenvalue weighted by molar-refractivity contribution is 0.180. The Morgan fingerprint density at radius 1 is 1.17 bits per heavy atom. The average molecular weight is 175 g/mol. The van der Waals surface area contributed by atoms with Gasteiger partial charge in [0.05, 0.1) is 0 Å². The van der Waals surface area contributed by atoms with Gasteiger partial charge in [-0.2, -0.15) is 0 Å². The van der Waals surface area contributed by atoms with Gasteiger partial charge in [-0.3, -0.25) is 0 Å². The van der Waals surface area contributed by atoms with Gasteiger partial charge in [-0.15, -0.1) is 0 Å². The molecule has 0 aliphatic heterocycles. The third kappa shape index (κ3) is 6.59. The minimum atomic E-state index is -1.13. The fraction of sp³-hybridized carbons (Fsp3) is 1.00. The first-order valence-corrected chi connectivity index (χ1v) is 5.01. The molecule has 0 spiro atoms. The molecule has 0 bridgehead atoms. The van der Waals surface area contributed by atoms with E-state index in [1.165, 1.54) is 19.3 Å². The molecule has 1 nitrogen and oxygen atoms in total. The molecule has 0 amide bonds. The van der Waals surface area contributed by atoms with Crippen LogP contribution in [0.3, 0.4) is 0 Å². The average Bonchev–Trinajstić information content (AvgIpc) is 2.04. The third-order valence-electron chi connectivity index (χ3n) is 2.23. The third-order valence-corrected chi connectivity index (χ3v) is 2.23. The van der Waals surface area contributed by atoms with Gasteiger partial charge in [0, 0.05) is 6.54 Å². The van der Waals surface area contributed by atoms with Crippen molar-refractivity contribution in [2.75, 3.05) is 6.54 Å². The van der Waals surface area contributed by atoms with E-state index in [0.717, 1.165) is 12.8 Å². The maximum absolute atomic E-state index is 13.2. The molecule has 0 aromatic carbocycles. The summed E-state index contributed by atoms with van der Waals surface area (Å²) in [6.45, 7) is 3.92. The summed E-state index contributed by atoms with van der Waals surface area (Å²) in [4.78, 5) is 0. The van der Waals surface area contributed by atoms with E-state index in [2.05, 4.69) is 6.92 Å². The molecule has 0 aliphatic carbocycles. The number of hydrogen-bond acceptors (Lipinski definition) is 1. The van der Waals surface area contributed by atoms with Crippen LogP contribution in [0.1, 0.15) is 52.4 Å². The highest BCUT2D eigenvalue weighted by Gasteiger charge is 2.19. The number of nitrogens with two attached hydrogens (primary N) is 1. The highest BCUT2D eigenvalue weighted by Crippen LogP contribution is 2.18. The van der Waals surface area contributed by atoms with Crippen LogP contribution in [-0.2, 0) is 0 Å². The predicted octanol–water partition coefficient (Wildman–Crippen LogP) is 3.03. The van der Waals surface area contributed by atoms with Gasteiger partial charge < -0.3 is 5.73 Å². The number of alkyl halides is 1. The monoisotopic (exact) mass is 175 g/mol. The molecule has 1 atom stereocenters. The molecule has 2 heteroatoms. The van der Waals surface area contributed by atoms with Crippen molar-refractivity contribution in [2.45, 2.75) is 58.0 Å². The van der Waals surface area contributed by atoms with E-state index in [0.29, 0.717) is 6.42 Å². The summed E-state index contributed by atoms with van der Waals surface area (Å²) in [7, 11) is 0. The molecule has 0 fully saturated rings. The van der Waals surface area contributed by atoms with Gasteiger partial charge in [0.15, 0.2) is 0 Å². The predicted molar refractivity (Wildman–Crippen MR) is 51.9 cm³/mol. The highest BCUT2D eigenvalue weighted by atomic mass is 19.1. The topological polar surface area (TPSA) is 26.0 Å². The van der Waals surface area contributed by atoms with Crippen LogP contribution in [0.5, 0.6) is 0 Å². The minimum absolute atomic E-state index is 0.154. The molecule has 0 saturated carbocycles. The second-order valence-corrected chi connectivity index (χ2v) is 3.78. The quantitative estimate of drug-likeness (QED) is 0.591. The Hall–Kier alpha value is -0.110. The van der Waals surface area contributed by atoms with Gasteiger partial charge in [0.25, 0.3) is 0 Å². The second-order valence-electron chi connectivity index (χ2n) is 3.78. The normalized spacial score (nSPS) is 16.0. The Balaban J connectivity index is 3.19. The molecule has 0 saturated heterocycles. The summed E-state index contributed by atoms with van der Waals surface area (Å²) in [6.07, 6.45) is 6.48. The van der Waals surface area contributed by atoms with Crippen LogP contribution in [0, 0.1) is 0 Å². The lowest BCUT2D eigenvalue weighted by atomic mass is 10.00. The SMILES string of the molecule is CCCCCCCC(C)(F)CN. The molecule has 0 radical (unpaired) electrons. The van der Waals surface area contributed by atoms with Crippen LogP contribution >= 0.6 is 0 Å². The summed E-state index contributed by atoms with van der Waals surface area (Å²) in [5.74, 6) is 0. The van der Waals surface area contributed by atoms with Gasteiger partial charge in [-0.25, -0.2) is 4.39 Å². The summed E-state index contributed by atoms with van der Waals surface area (Å²) in [5, 5.41) is 0. The molecular formula is C10H22FN. The lowest BCUT2D eigenvalue weighted by Crippen LogP contribution is -2.28. The molecular weight excluding hydrogens is 153 g/mol. The number of hydrogen-bond donors (Lipinski definition) is 1. The van der Waals surface area contributed by atoms with Crippen LogP contribution in [0.25, 0.3) is 0 Å². The largest absolute Gasteiger partial charge is 0.328 e. The molecule has 0 aliphatic rings. The van der Waals surface area contributed by atoms with E-state index in [1.54, 1.807) is 6.92 Å². The van der Waals surface area contributed by atoms with Gasteiger partial charge in [-0.1, -0.05) is 39.0 Å². The maximum Gasteiger partial charge on any atom is 0.120 e. The Morgan fingerprint density at radius 2 is 1.75 bits per heavy atom. The van der Waals surface area contributed by atoms with Crippen LogP contribution in [0.2, 0.25) is 0 Å².